The maximum atomic E-state index is 12.9. The van der Waals surface area contributed by atoms with Crippen LogP contribution in [-0.2, 0) is 38.1 Å². The number of unbranched alkanes of at least 4 members (excludes halogenated alkanes) is 18. The van der Waals surface area contributed by atoms with Gasteiger partial charge < -0.3 is 39.0 Å². The summed E-state index contributed by atoms with van der Waals surface area (Å²) in [6.07, 6.45) is 24.7. The van der Waals surface area contributed by atoms with Gasteiger partial charge in [0.25, 0.3) is 5.79 Å². The van der Waals surface area contributed by atoms with Crippen LogP contribution in [0, 0.1) is 5.92 Å². The van der Waals surface area contributed by atoms with Crippen molar-refractivity contribution in [2.24, 2.45) is 5.92 Å². The zero-order valence-corrected chi connectivity index (χ0v) is 37.6. The summed E-state index contributed by atoms with van der Waals surface area (Å²) in [6, 6.07) is 0. The monoisotopic (exact) mass is 845 g/mol. The largest absolute Gasteiger partial charge is 0.460 e. The van der Waals surface area contributed by atoms with Gasteiger partial charge in [0.1, 0.15) is 24.4 Å². The molecule has 338 valence electrons. The van der Waals surface area contributed by atoms with E-state index in [1.807, 2.05) is 20.8 Å². The SMILES string of the molecule is CCCCCCCCCCCCCCCCC(=O)OC[C@](O)(CO)OC(=O)CCCCCCCCC(=O)O[C@@H]1CC[C@](O)(CCl)[C@@H]([C@@]2(C)OC2CC=C(C)C)[C@@H]1OC. The van der Waals surface area contributed by atoms with Gasteiger partial charge in [-0.15, -0.1) is 11.6 Å². The van der Waals surface area contributed by atoms with Gasteiger partial charge in [0, 0.05) is 26.4 Å². The van der Waals surface area contributed by atoms with Crippen LogP contribution in [0.25, 0.3) is 0 Å². The number of allylic oxidation sites excluding steroid dienone is 1. The van der Waals surface area contributed by atoms with E-state index >= 15 is 0 Å². The third-order valence-corrected chi connectivity index (χ3v) is 12.5. The van der Waals surface area contributed by atoms with E-state index in [-0.39, 0.29) is 37.2 Å². The molecule has 7 atom stereocenters. The predicted octanol–water partition coefficient (Wildman–Crippen LogP) is 9.57. The highest BCUT2D eigenvalue weighted by Crippen LogP contribution is 2.55. The molecule has 0 aromatic rings. The third kappa shape index (κ3) is 19.7. The molecule has 2 fully saturated rings. The smallest absolute Gasteiger partial charge is 0.308 e. The van der Waals surface area contributed by atoms with Crippen molar-refractivity contribution in [2.75, 3.05) is 26.2 Å². The van der Waals surface area contributed by atoms with Crippen LogP contribution in [0.15, 0.2) is 11.6 Å². The molecule has 1 unspecified atom stereocenters. The number of esters is 3. The molecule has 1 aliphatic carbocycles. The lowest BCUT2D eigenvalue weighted by Gasteiger charge is -2.48. The summed E-state index contributed by atoms with van der Waals surface area (Å²) >= 11 is 6.31. The Hall–Kier alpha value is -1.76. The van der Waals surface area contributed by atoms with E-state index in [1.54, 1.807) is 7.11 Å². The Balaban J connectivity index is 1.54. The summed E-state index contributed by atoms with van der Waals surface area (Å²) in [4.78, 5) is 37.5. The number of ether oxygens (including phenoxy) is 5. The second kappa shape index (κ2) is 28.7. The van der Waals surface area contributed by atoms with E-state index < -0.39 is 60.3 Å². The van der Waals surface area contributed by atoms with Crippen molar-refractivity contribution in [1.82, 2.24) is 0 Å². The quantitative estimate of drug-likeness (QED) is 0.0108. The Bertz CT molecular complexity index is 1190. The first kappa shape index (κ1) is 52.4. The van der Waals surface area contributed by atoms with Gasteiger partial charge in [0.05, 0.1) is 23.5 Å². The average Bonchev–Trinajstić information content (AvgIpc) is 3.87. The van der Waals surface area contributed by atoms with E-state index in [9.17, 15) is 29.7 Å². The molecule has 12 heteroatoms. The normalized spacial score (nSPS) is 25.1. The highest BCUT2D eigenvalue weighted by Gasteiger charge is 2.67. The minimum absolute atomic E-state index is 0.0370. The highest BCUT2D eigenvalue weighted by molar-refractivity contribution is 6.18. The Morgan fingerprint density at radius 1 is 0.793 bits per heavy atom. The van der Waals surface area contributed by atoms with Gasteiger partial charge in [-0.3, -0.25) is 14.4 Å². The lowest BCUT2D eigenvalue weighted by atomic mass is 9.66. The summed E-state index contributed by atoms with van der Waals surface area (Å²) in [7, 11) is 1.57. The van der Waals surface area contributed by atoms with Crippen LogP contribution in [0.4, 0.5) is 0 Å². The molecule has 0 spiro atoms. The lowest BCUT2D eigenvalue weighted by molar-refractivity contribution is -0.241. The average molecular weight is 846 g/mol. The van der Waals surface area contributed by atoms with Crippen LogP contribution in [0.5, 0.6) is 0 Å². The number of hydrogen-bond donors (Lipinski definition) is 3. The molecule has 1 heterocycles. The van der Waals surface area contributed by atoms with Crippen LogP contribution < -0.4 is 0 Å². The topological polar surface area (TPSA) is 161 Å². The molecular weight excluding hydrogens is 764 g/mol. The van der Waals surface area contributed by atoms with E-state index in [0.717, 1.165) is 51.4 Å². The number of hydrogen-bond acceptors (Lipinski definition) is 11. The van der Waals surface area contributed by atoms with Crippen molar-refractivity contribution >= 4 is 29.5 Å². The van der Waals surface area contributed by atoms with Crippen LogP contribution in [-0.4, -0.2) is 94.7 Å². The van der Waals surface area contributed by atoms with Gasteiger partial charge in [-0.2, -0.15) is 0 Å². The van der Waals surface area contributed by atoms with Crippen molar-refractivity contribution in [3.63, 3.8) is 0 Å². The fourth-order valence-electron chi connectivity index (χ4n) is 8.40. The number of aliphatic hydroxyl groups excluding tert-OH is 1. The molecule has 11 nitrogen and oxygen atoms in total. The van der Waals surface area contributed by atoms with Crippen molar-refractivity contribution < 1.29 is 53.4 Å². The third-order valence-electron chi connectivity index (χ3n) is 12.0. The van der Waals surface area contributed by atoms with E-state index in [1.165, 1.54) is 69.8 Å². The van der Waals surface area contributed by atoms with Gasteiger partial charge in [-0.1, -0.05) is 128 Å². The number of aliphatic hydroxyl groups is 3. The number of halogens is 1. The molecule has 0 aromatic heterocycles. The second-order valence-corrected chi connectivity index (χ2v) is 17.8. The van der Waals surface area contributed by atoms with Gasteiger partial charge in [0.2, 0.25) is 0 Å². The van der Waals surface area contributed by atoms with Gasteiger partial charge in [0.15, 0.2) is 6.61 Å². The maximum Gasteiger partial charge on any atom is 0.308 e. The summed E-state index contributed by atoms with van der Waals surface area (Å²) in [5.74, 6) is -4.14. The molecule has 1 saturated heterocycles. The fraction of sp³-hybridized carbons (Fsp3) is 0.891. The molecule has 2 aliphatic rings. The predicted molar refractivity (Wildman–Crippen MR) is 227 cm³/mol. The van der Waals surface area contributed by atoms with Crippen molar-refractivity contribution in [2.45, 2.75) is 230 Å². The first-order chi connectivity index (χ1) is 27.8. The number of rotatable bonds is 34. The Kier molecular flexibility index (Phi) is 25.9. The molecule has 0 aromatic carbocycles. The van der Waals surface area contributed by atoms with Crippen LogP contribution in [0.3, 0.4) is 0 Å². The molecule has 1 saturated carbocycles. The van der Waals surface area contributed by atoms with Crippen LogP contribution in [0.1, 0.15) is 195 Å². The number of carbonyl (C=O) groups is 3. The molecule has 0 radical (unpaired) electrons. The van der Waals surface area contributed by atoms with Crippen molar-refractivity contribution in [3.05, 3.63) is 11.6 Å². The number of carbonyl (C=O) groups excluding carboxylic acids is 3. The summed E-state index contributed by atoms with van der Waals surface area (Å²) in [5.41, 5.74) is -0.645. The van der Waals surface area contributed by atoms with Crippen molar-refractivity contribution in [1.29, 1.82) is 0 Å². The number of alkyl halides is 1. The van der Waals surface area contributed by atoms with Gasteiger partial charge in [-0.25, -0.2) is 0 Å². The Morgan fingerprint density at radius 2 is 1.28 bits per heavy atom. The zero-order chi connectivity index (χ0) is 42.9. The Morgan fingerprint density at radius 3 is 1.74 bits per heavy atom. The summed E-state index contributed by atoms with van der Waals surface area (Å²) in [5, 5.41) is 31.7. The Labute approximate surface area is 355 Å². The first-order valence-electron chi connectivity index (χ1n) is 22.8. The summed E-state index contributed by atoms with van der Waals surface area (Å²) in [6.45, 7) is 6.82. The highest BCUT2D eigenvalue weighted by atomic mass is 35.5. The maximum absolute atomic E-state index is 12.9. The van der Waals surface area contributed by atoms with E-state index in [2.05, 4.69) is 13.0 Å². The van der Waals surface area contributed by atoms with Crippen LogP contribution in [0.2, 0.25) is 0 Å². The molecule has 58 heavy (non-hydrogen) atoms. The molecule has 1 aliphatic heterocycles. The molecular formula is C46H81ClO11. The molecule has 3 N–H and O–H groups in total. The fourth-order valence-corrected chi connectivity index (χ4v) is 8.70. The minimum atomic E-state index is -2.26. The standard InChI is InChI=1S/C46H81ClO11/c1-6-7-8-9-10-11-12-13-14-15-16-17-20-23-26-39(49)55-35-46(53,34-48)58-41(51)28-25-22-19-18-21-24-27-40(50)56-37-31-32-45(52,33-47)43(42(37)54-5)44(4)38(57-44)30-29-36(2)3/h29,37-38,42-43,48,52-53H,6-28,30-35H2,1-5H3/t37-,38?,42-,43-,44+,45+,46+/m1/s1. The number of epoxide rings is 1. The van der Waals surface area contributed by atoms with Gasteiger partial charge in [-0.05, 0) is 59.3 Å². The molecule has 0 amide bonds. The molecule has 2 rings (SSSR count). The van der Waals surface area contributed by atoms with E-state index in [0.29, 0.717) is 32.1 Å². The van der Waals surface area contributed by atoms with Crippen LogP contribution >= 0.6 is 11.6 Å². The van der Waals surface area contributed by atoms with E-state index in [4.69, 9.17) is 35.3 Å². The first-order valence-corrected chi connectivity index (χ1v) is 23.3. The number of methoxy groups -OCH3 is 1. The van der Waals surface area contributed by atoms with Crippen molar-refractivity contribution in [3.8, 4) is 0 Å². The van der Waals surface area contributed by atoms with Gasteiger partial charge >= 0.3 is 17.9 Å². The minimum Gasteiger partial charge on any atom is -0.460 e. The summed E-state index contributed by atoms with van der Waals surface area (Å²) < 4.78 is 28.2. The lowest BCUT2D eigenvalue weighted by Crippen LogP contribution is -2.61. The molecule has 0 bridgehead atoms. The zero-order valence-electron chi connectivity index (χ0n) is 36.9. The second-order valence-electron chi connectivity index (χ2n) is 17.5.